The third kappa shape index (κ3) is 4.08. The monoisotopic (exact) mass is 372 g/mol. The maximum absolute atomic E-state index is 13.0. The van der Waals surface area contributed by atoms with E-state index in [0.29, 0.717) is 23.3 Å². The van der Waals surface area contributed by atoms with Gasteiger partial charge in [-0.1, -0.05) is 37.6 Å². The van der Waals surface area contributed by atoms with Crippen molar-refractivity contribution in [2.75, 3.05) is 5.32 Å². The average molecular weight is 373 g/mol. The first-order valence-electron chi connectivity index (χ1n) is 8.19. The number of rotatable bonds is 5. The Kier molecular flexibility index (Phi) is 5.32. The van der Waals surface area contributed by atoms with Crippen LogP contribution in [0.4, 0.5) is 10.3 Å². The Morgan fingerprint density at radius 1 is 1.15 bits per heavy atom. The molecule has 3 aromatic rings. The second-order valence-corrected chi connectivity index (χ2v) is 6.59. The minimum absolute atomic E-state index is 0.167. The summed E-state index contributed by atoms with van der Waals surface area (Å²) in [5, 5.41) is 8.07. The molecule has 134 valence electrons. The van der Waals surface area contributed by atoms with Crippen LogP contribution < -0.4 is 5.32 Å². The van der Waals surface area contributed by atoms with Gasteiger partial charge in [0, 0.05) is 23.0 Å². The third-order valence-electron chi connectivity index (χ3n) is 3.78. The summed E-state index contributed by atoms with van der Waals surface area (Å²) >= 11 is 5.92. The Hall–Kier alpha value is -2.73. The van der Waals surface area contributed by atoms with E-state index in [-0.39, 0.29) is 17.6 Å². The first-order valence-corrected chi connectivity index (χ1v) is 8.57. The van der Waals surface area contributed by atoms with Crippen molar-refractivity contribution in [2.24, 2.45) is 5.92 Å². The molecule has 0 aliphatic rings. The Morgan fingerprint density at radius 3 is 2.42 bits per heavy atom. The number of anilines is 1. The van der Waals surface area contributed by atoms with Gasteiger partial charge in [-0.25, -0.2) is 4.39 Å². The molecule has 0 unspecified atom stereocenters. The van der Waals surface area contributed by atoms with Crippen LogP contribution in [0.3, 0.4) is 0 Å². The Balaban J connectivity index is 1.89. The highest BCUT2D eigenvalue weighted by Crippen LogP contribution is 2.21. The van der Waals surface area contributed by atoms with E-state index in [1.54, 1.807) is 50.2 Å². The zero-order valence-corrected chi connectivity index (χ0v) is 15.2. The minimum atomic E-state index is -0.295. The number of benzene rings is 2. The van der Waals surface area contributed by atoms with Crippen molar-refractivity contribution in [1.29, 1.82) is 0 Å². The Morgan fingerprint density at radius 2 is 1.81 bits per heavy atom. The normalized spacial score (nSPS) is 11.0. The molecule has 26 heavy (non-hydrogen) atoms. The van der Waals surface area contributed by atoms with Gasteiger partial charge in [0.2, 0.25) is 5.95 Å². The fourth-order valence-electron chi connectivity index (χ4n) is 2.33. The fraction of sp³-hybridized carbons (Fsp3) is 0.211. The molecule has 0 radical (unpaired) electrons. The van der Waals surface area contributed by atoms with Crippen LogP contribution in [0.25, 0.3) is 11.4 Å². The molecular formula is C19H18ClFN4O. The molecule has 0 amide bonds. The van der Waals surface area contributed by atoms with Gasteiger partial charge >= 0.3 is 0 Å². The van der Waals surface area contributed by atoms with Crippen molar-refractivity contribution < 1.29 is 9.18 Å². The highest BCUT2D eigenvalue weighted by atomic mass is 35.5. The molecule has 0 spiro atoms. The molecule has 1 N–H and O–H groups in total. The van der Waals surface area contributed by atoms with Crippen LogP contribution in [0, 0.1) is 11.7 Å². The second-order valence-electron chi connectivity index (χ2n) is 6.15. The van der Waals surface area contributed by atoms with E-state index in [0.717, 1.165) is 11.1 Å². The molecule has 0 aliphatic carbocycles. The van der Waals surface area contributed by atoms with Crippen LogP contribution in [0.5, 0.6) is 0 Å². The van der Waals surface area contributed by atoms with Crippen molar-refractivity contribution in [3.8, 4) is 11.4 Å². The average Bonchev–Trinajstić information content (AvgIpc) is 3.05. The van der Waals surface area contributed by atoms with Crippen LogP contribution in [0.15, 0.2) is 48.5 Å². The maximum Gasteiger partial charge on any atom is 0.252 e. The predicted molar refractivity (Wildman–Crippen MR) is 99.7 cm³/mol. The van der Waals surface area contributed by atoms with Gasteiger partial charge in [0.15, 0.2) is 5.82 Å². The number of hydrogen-bond acceptors (Lipinski definition) is 4. The summed E-state index contributed by atoms with van der Waals surface area (Å²) in [6, 6.07) is 13.2. The van der Waals surface area contributed by atoms with Crippen molar-refractivity contribution >= 4 is 23.5 Å². The molecule has 0 saturated heterocycles. The highest BCUT2D eigenvalue weighted by Gasteiger charge is 2.19. The highest BCUT2D eigenvalue weighted by molar-refractivity contribution is 6.30. The van der Waals surface area contributed by atoms with E-state index in [4.69, 9.17) is 11.6 Å². The Labute approximate surface area is 155 Å². The SMILES string of the molecule is CC(C)C(=O)n1nc(-c2ccc(Cl)cc2)nc1NCc1ccc(F)cc1. The lowest BCUT2D eigenvalue weighted by Crippen LogP contribution is -2.21. The molecule has 0 aliphatic heterocycles. The molecule has 0 atom stereocenters. The van der Waals surface area contributed by atoms with Crippen molar-refractivity contribution in [1.82, 2.24) is 14.8 Å². The Bertz CT molecular complexity index is 904. The summed E-state index contributed by atoms with van der Waals surface area (Å²) in [5.74, 6) is 0.0765. The first kappa shape index (κ1) is 18.1. The van der Waals surface area contributed by atoms with Crippen LogP contribution >= 0.6 is 11.6 Å². The van der Waals surface area contributed by atoms with Crippen LogP contribution in [-0.2, 0) is 6.54 Å². The van der Waals surface area contributed by atoms with E-state index in [1.807, 2.05) is 0 Å². The second kappa shape index (κ2) is 7.66. The summed E-state index contributed by atoms with van der Waals surface area (Å²) in [7, 11) is 0. The smallest absolute Gasteiger partial charge is 0.252 e. The summed E-state index contributed by atoms with van der Waals surface area (Å²) in [6.07, 6.45) is 0. The van der Waals surface area contributed by atoms with Gasteiger partial charge in [-0.2, -0.15) is 9.67 Å². The van der Waals surface area contributed by atoms with Gasteiger partial charge in [0.25, 0.3) is 5.91 Å². The molecule has 0 bridgehead atoms. The number of carbonyl (C=O) groups is 1. The number of nitrogens with zero attached hydrogens (tertiary/aromatic N) is 3. The number of halogens is 2. The van der Waals surface area contributed by atoms with Crippen molar-refractivity contribution in [3.05, 3.63) is 64.9 Å². The van der Waals surface area contributed by atoms with Crippen molar-refractivity contribution in [3.63, 3.8) is 0 Å². The molecule has 3 rings (SSSR count). The number of aromatic nitrogens is 3. The molecule has 0 saturated carbocycles. The van der Waals surface area contributed by atoms with E-state index in [1.165, 1.54) is 16.8 Å². The molecule has 1 aromatic heterocycles. The number of nitrogens with one attached hydrogen (secondary N) is 1. The summed E-state index contributed by atoms with van der Waals surface area (Å²) in [5.41, 5.74) is 1.63. The number of hydrogen-bond donors (Lipinski definition) is 1. The minimum Gasteiger partial charge on any atom is -0.350 e. The molecule has 2 aromatic carbocycles. The molecule has 0 fully saturated rings. The standard InChI is InChI=1S/C19H18ClFN4O/c1-12(2)18(26)25-19(22-11-13-3-9-16(21)10-4-13)23-17(24-25)14-5-7-15(20)8-6-14/h3-10,12H,11H2,1-2H3,(H,22,23,24). The van der Waals surface area contributed by atoms with Crippen LogP contribution in [0.1, 0.15) is 24.2 Å². The topological polar surface area (TPSA) is 59.8 Å². The largest absolute Gasteiger partial charge is 0.350 e. The van der Waals surface area contributed by atoms with Crippen LogP contribution in [-0.4, -0.2) is 20.7 Å². The number of carbonyl (C=O) groups excluding carboxylic acids is 1. The van der Waals surface area contributed by atoms with Gasteiger partial charge in [-0.15, -0.1) is 5.10 Å². The lowest BCUT2D eigenvalue weighted by molar-refractivity contribution is 0.0841. The summed E-state index contributed by atoms with van der Waals surface area (Å²) in [6.45, 7) is 4.00. The van der Waals surface area contributed by atoms with Gasteiger partial charge in [-0.3, -0.25) is 4.79 Å². The third-order valence-corrected chi connectivity index (χ3v) is 4.03. The molecule has 1 heterocycles. The molecular weight excluding hydrogens is 355 g/mol. The van der Waals surface area contributed by atoms with Gasteiger partial charge in [0.05, 0.1) is 0 Å². The van der Waals surface area contributed by atoms with Gasteiger partial charge < -0.3 is 5.32 Å². The van der Waals surface area contributed by atoms with E-state index < -0.39 is 0 Å². The quantitative estimate of drug-likeness (QED) is 0.708. The fourth-order valence-corrected chi connectivity index (χ4v) is 2.46. The molecule has 7 heteroatoms. The zero-order valence-electron chi connectivity index (χ0n) is 14.4. The van der Waals surface area contributed by atoms with Gasteiger partial charge in [0.1, 0.15) is 5.82 Å². The van der Waals surface area contributed by atoms with E-state index in [9.17, 15) is 9.18 Å². The predicted octanol–water partition coefficient (Wildman–Crippen LogP) is 4.65. The van der Waals surface area contributed by atoms with Gasteiger partial charge in [-0.05, 0) is 42.0 Å². The maximum atomic E-state index is 13.0. The van der Waals surface area contributed by atoms with Crippen molar-refractivity contribution in [2.45, 2.75) is 20.4 Å². The zero-order chi connectivity index (χ0) is 18.7. The lowest BCUT2D eigenvalue weighted by Gasteiger charge is -2.08. The summed E-state index contributed by atoms with van der Waals surface area (Å²) < 4.78 is 14.3. The van der Waals surface area contributed by atoms with E-state index >= 15 is 0 Å². The van der Waals surface area contributed by atoms with Crippen LogP contribution in [0.2, 0.25) is 5.02 Å². The lowest BCUT2D eigenvalue weighted by atomic mass is 10.2. The summed E-state index contributed by atoms with van der Waals surface area (Å²) in [4.78, 5) is 16.9. The molecule has 5 nitrogen and oxygen atoms in total. The van der Waals surface area contributed by atoms with E-state index in [2.05, 4.69) is 15.4 Å². The first-order chi connectivity index (χ1) is 12.4.